The SMILES string of the molecule is [CH2]CC(C)(C#N)CC. The van der Waals surface area contributed by atoms with Crippen LogP contribution in [-0.2, 0) is 0 Å². The summed E-state index contributed by atoms with van der Waals surface area (Å²) >= 11 is 0. The Labute approximate surface area is 51.3 Å². The Kier molecular flexibility index (Phi) is 2.54. The minimum absolute atomic E-state index is 0.181. The quantitative estimate of drug-likeness (QED) is 0.534. The zero-order chi connectivity index (χ0) is 6.62. The van der Waals surface area contributed by atoms with E-state index in [2.05, 4.69) is 13.0 Å². The Balaban J connectivity index is 3.83. The molecule has 0 aliphatic heterocycles. The summed E-state index contributed by atoms with van der Waals surface area (Å²) in [5, 5.41) is 8.50. The van der Waals surface area contributed by atoms with Crippen LogP contribution in [0.4, 0.5) is 0 Å². The molecule has 0 heterocycles. The molecule has 1 atom stereocenters. The van der Waals surface area contributed by atoms with Crippen molar-refractivity contribution in [1.29, 1.82) is 5.26 Å². The Hall–Kier alpha value is -0.510. The topological polar surface area (TPSA) is 23.8 Å². The lowest BCUT2D eigenvalue weighted by molar-refractivity contribution is 0.430. The summed E-state index contributed by atoms with van der Waals surface area (Å²) in [7, 11) is 0. The van der Waals surface area contributed by atoms with Gasteiger partial charge in [0.1, 0.15) is 0 Å². The van der Waals surface area contributed by atoms with Crippen LogP contribution in [0.3, 0.4) is 0 Å². The third-order valence-electron chi connectivity index (χ3n) is 1.60. The molecular weight excluding hydrogens is 98.1 g/mol. The van der Waals surface area contributed by atoms with Gasteiger partial charge in [0.2, 0.25) is 0 Å². The molecule has 0 fully saturated rings. The number of hydrogen-bond donors (Lipinski definition) is 0. The number of nitrogens with zero attached hydrogens (tertiary/aromatic N) is 1. The summed E-state index contributed by atoms with van der Waals surface area (Å²) in [5.74, 6) is 0. The third kappa shape index (κ3) is 1.54. The predicted molar refractivity (Wildman–Crippen MR) is 34.0 cm³/mol. The van der Waals surface area contributed by atoms with Crippen LogP contribution in [0.5, 0.6) is 0 Å². The van der Waals surface area contributed by atoms with Crippen molar-refractivity contribution < 1.29 is 0 Å². The largest absolute Gasteiger partial charge is 0.198 e. The van der Waals surface area contributed by atoms with Gasteiger partial charge in [0, 0.05) is 0 Å². The maximum atomic E-state index is 8.50. The van der Waals surface area contributed by atoms with Crippen molar-refractivity contribution in [2.45, 2.75) is 26.7 Å². The summed E-state index contributed by atoms with van der Waals surface area (Å²) in [6, 6.07) is 2.22. The average Bonchev–Trinajstić information content (AvgIpc) is 1.87. The molecule has 0 N–H and O–H groups in total. The van der Waals surface area contributed by atoms with Gasteiger partial charge in [-0.05, 0) is 19.8 Å². The van der Waals surface area contributed by atoms with Crippen molar-refractivity contribution in [3.63, 3.8) is 0 Å². The molecule has 0 saturated carbocycles. The van der Waals surface area contributed by atoms with Crippen molar-refractivity contribution >= 4 is 0 Å². The van der Waals surface area contributed by atoms with Gasteiger partial charge >= 0.3 is 0 Å². The lowest BCUT2D eigenvalue weighted by Crippen LogP contribution is -2.09. The highest BCUT2D eigenvalue weighted by atomic mass is 14.3. The van der Waals surface area contributed by atoms with Crippen LogP contribution >= 0.6 is 0 Å². The molecule has 0 rings (SSSR count). The second-order valence-electron chi connectivity index (χ2n) is 2.28. The number of hydrogen-bond acceptors (Lipinski definition) is 1. The predicted octanol–water partition coefficient (Wildman–Crippen LogP) is 2.15. The number of nitriles is 1. The van der Waals surface area contributed by atoms with Crippen LogP contribution in [0.15, 0.2) is 0 Å². The van der Waals surface area contributed by atoms with Crippen LogP contribution in [0.2, 0.25) is 0 Å². The first-order chi connectivity index (χ1) is 3.68. The second-order valence-corrected chi connectivity index (χ2v) is 2.28. The normalized spacial score (nSPS) is 10.8. The average molecular weight is 110 g/mol. The highest BCUT2D eigenvalue weighted by Gasteiger charge is 2.17. The van der Waals surface area contributed by atoms with Crippen molar-refractivity contribution in [2.24, 2.45) is 5.41 Å². The summed E-state index contributed by atoms with van der Waals surface area (Å²) < 4.78 is 0. The molecule has 0 aliphatic rings. The molecule has 1 nitrogen and oxygen atoms in total. The van der Waals surface area contributed by atoms with E-state index in [1.807, 2.05) is 13.8 Å². The van der Waals surface area contributed by atoms with Crippen molar-refractivity contribution in [1.82, 2.24) is 0 Å². The summed E-state index contributed by atoms with van der Waals surface area (Å²) in [6.45, 7) is 7.62. The van der Waals surface area contributed by atoms with E-state index in [9.17, 15) is 0 Å². The first kappa shape index (κ1) is 7.49. The molecule has 0 aromatic heterocycles. The van der Waals surface area contributed by atoms with Gasteiger partial charge in [-0.3, -0.25) is 0 Å². The molecule has 0 bridgehead atoms. The maximum absolute atomic E-state index is 8.50. The van der Waals surface area contributed by atoms with E-state index in [1.165, 1.54) is 0 Å². The molecule has 0 saturated heterocycles. The van der Waals surface area contributed by atoms with Gasteiger partial charge in [-0.15, -0.1) is 0 Å². The van der Waals surface area contributed by atoms with Crippen molar-refractivity contribution in [3.05, 3.63) is 6.92 Å². The fourth-order valence-electron chi connectivity index (χ4n) is 0.312. The van der Waals surface area contributed by atoms with Gasteiger partial charge in [-0.25, -0.2) is 0 Å². The van der Waals surface area contributed by atoms with Gasteiger partial charge in [0.15, 0.2) is 0 Å². The Morgan fingerprint density at radius 1 is 1.75 bits per heavy atom. The van der Waals surface area contributed by atoms with Crippen molar-refractivity contribution in [2.75, 3.05) is 0 Å². The van der Waals surface area contributed by atoms with Crippen molar-refractivity contribution in [3.8, 4) is 6.07 Å². The lowest BCUT2D eigenvalue weighted by Gasteiger charge is -2.14. The van der Waals surface area contributed by atoms with Crippen LogP contribution in [0.25, 0.3) is 0 Å². The summed E-state index contributed by atoms with van der Waals surface area (Å²) in [4.78, 5) is 0. The van der Waals surface area contributed by atoms with Gasteiger partial charge < -0.3 is 0 Å². The minimum Gasteiger partial charge on any atom is -0.198 e. The van der Waals surface area contributed by atoms with Gasteiger partial charge in [0.05, 0.1) is 11.5 Å². The first-order valence-electron chi connectivity index (χ1n) is 2.89. The molecule has 1 unspecified atom stereocenters. The van der Waals surface area contributed by atoms with E-state index in [-0.39, 0.29) is 5.41 Å². The van der Waals surface area contributed by atoms with Gasteiger partial charge in [-0.1, -0.05) is 13.8 Å². The van der Waals surface area contributed by atoms with Gasteiger partial charge in [0.25, 0.3) is 0 Å². The standard InChI is InChI=1S/C7H12N/c1-4-7(3,5-2)6-8/h1,4-5H2,2-3H3. The lowest BCUT2D eigenvalue weighted by atomic mass is 9.87. The van der Waals surface area contributed by atoms with E-state index in [0.29, 0.717) is 6.42 Å². The smallest absolute Gasteiger partial charge is 0.0686 e. The fraction of sp³-hybridized carbons (Fsp3) is 0.714. The highest BCUT2D eigenvalue weighted by Crippen LogP contribution is 2.22. The zero-order valence-corrected chi connectivity index (χ0v) is 5.57. The molecule has 45 valence electrons. The van der Waals surface area contributed by atoms with E-state index < -0.39 is 0 Å². The molecular formula is C7H12N. The maximum Gasteiger partial charge on any atom is 0.0686 e. The van der Waals surface area contributed by atoms with Crippen LogP contribution in [-0.4, -0.2) is 0 Å². The summed E-state index contributed by atoms with van der Waals surface area (Å²) in [5.41, 5.74) is -0.181. The molecule has 1 heteroatoms. The Bertz CT molecular complexity index is 95.4. The van der Waals surface area contributed by atoms with Crippen LogP contribution in [0.1, 0.15) is 26.7 Å². The molecule has 0 aromatic carbocycles. The van der Waals surface area contributed by atoms with E-state index in [4.69, 9.17) is 5.26 Å². The van der Waals surface area contributed by atoms with E-state index in [1.54, 1.807) is 0 Å². The molecule has 0 amide bonds. The molecule has 0 aliphatic carbocycles. The molecule has 0 spiro atoms. The minimum atomic E-state index is -0.181. The second kappa shape index (κ2) is 2.71. The molecule has 0 aromatic rings. The number of rotatable bonds is 2. The van der Waals surface area contributed by atoms with Crippen LogP contribution < -0.4 is 0 Å². The summed E-state index contributed by atoms with van der Waals surface area (Å²) in [6.07, 6.45) is 1.60. The fourth-order valence-corrected chi connectivity index (χ4v) is 0.312. The highest BCUT2D eigenvalue weighted by molar-refractivity contribution is 4.94. The van der Waals surface area contributed by atoms with E-state index in [0.717, 1.165) is 6.42 Å². The Morgan fingerprint density at radius 3 is 2.25 bits per heavy atom. The Morgan fingerprint density at radius 2 is 2.25 bits per heavy atom. The van der Waals surface area contributed by atoms with Crippen LogP contribution in [0, 0.1) is 23.7 Å². The molecule has 8 heavy (non-hydrogen) atoms. The van der Waals surface area contributed by atoms with Gasteiger partial charge in [-0.2, -0.15) is 5.26 Å². The monoisotopic (exact) mass is 110 g/mol. The third-order valence-corrected chi connectivity index (χ3v) is 1.60. The van der Waals surface area contributed by atoms with E-state index >= 15 is 0 Å². The first-order valence-corrected chi connectivity index (χ1v) is 2.89. The zero-order valence-electron chi connectivity index (χ0n) is 5.57. The molecule has 1 radical (unpaired) electrons.